The number of aromatic nitrogens is 5. The number of anilines is 3. The Morgan fingerprint density at radius 1 is 1.05 bits per heavy atom. The number of primary amides is 1. The molecule has 0 aliphatic rings. The minimum Gasteiger partial charge on any atom is -0.364 e. The first-order valence-electron chi connectivity index (χ1n) is 11.0. The van der Waals surface area contributed by atoms with Gasteiger partial charge in [0, 0.05) is 35.3 Å². The molecule has 4 aromatic rings. The molecule has 12 nitrogen and oxygen atoms in total. The van der Waals surface area contributed by atoms with Crippen molar-refractivity contribution in [3.05, 3.63) is 59.0 Å². The van der Waals surface area contributed by atoms with Crippen LogP contribution in [0.3, 0.4) is 0 Å². The number of nitrogens with two attached hydrogens (primary N) is 1. The molecule has 38 heavy (non-hydrogen) atoms. The fourth-order valence-electron chi connectivity index (χ4n) is 3.41. The average Bonchev–Trinajstić information content (AvgIpc) is 3.44. The summed E-state index contributed by atoms with van der Waals surface area (Å²) in [6.07, 6.45) is -4.13. The van der Waals surface area contributed by atoms with Crippen molar-refractivity contribution >= 4 is 57.7 Å². The zero-order valence-corrected chi connectivity index (χ0v) is 20.1. The summed E-state index contributed by atoms with van der Waals surface area (Å²) in [6.45, 7) is 0. The van der Waals surface area contributed by atoms with E-state index >= 15 is 0 Å². The molecule has 0 atom stereocenters. The van der Waals surface area contributed by atoms with Crippen molar-refractivity contribution in [1.29, 1.82) is 0 Å². The third kappa shape index (κ3) is 6.56. The van der Waals surface area contributed by atoms with Crippen molar-refractivity contribution in [2.24, 2.45) is 5.73 Å². The Labute approximate surface area is 216 Å². The van der Waals surface area contributed by atoms with Gasteiger partial charge in [0.05, 0.1) is 9.90 Å². The topological polar surface area (TPSA) is 174 Å². The number of fused-ring (bicyclic) bond motifs is 1. The van der Waals surface area contributed by atoms with Crippen molar-refractivity contribution in [3.8, 4) is 0 Å². The molecule has 0 saturated heterocycles. The Morgan fingerprint density at radius 3 is 2.45 bits per heavy atom. The number of rotatable bonds is 8. The van der Waals surface area contributed by atoms with Gasteiger partial charge in [-0.05, 0) is 42.8 Å². The van der Waals surface area contributed by atoms with Crippen LogP contribution in [0.4, 0.5) is 35.2 Å². The summed E-state index contributed by atoms with van der Waals surface area (Å²) in [5.74, 6) is -1.01. The van der Waals surface area contributed by atoms with Crippen LogP contribution in [0.15, 0.2) is 42.5 Å². The summed E-state index contributed by atoms with van der Waals surface area (Å²) in [6, 6.07) is 9.81. The Hall–Kier alpha value is -4.66. The lowest BCUT2D eigenvalue weighted by Crippen LogP contribution is -2.31. The number of carbonyl (C=O) groups excluding carboxylic acids is 3. The summed E-state index contributed by atoms with van der Waals surface area (Å²) >= 11 is 5.82. The number of benzene rings is 2. The molecule has 0 spiro atoms. The molecular formula is C22H20ClF3N9O3+. The quantitative estimate of drug-likeness (QED) is 0.226. The maximum atomic E-state index is 12.8. The number of hydrogen-bond acceptors (Lipinski definition) is 5. The molecular weight excluding hydrogens is 531 g/mol. The van der Waals surface area contributed by atoms with E-state index < -0.39 is 24.1 Å². The van der Waals surface area contributed by atoms with E-state index in [1.807, 2.05) is 0 Å². The zero-order chi connectivity index (χ0) is 27.4. The average molecular weight is 551 g/mol. The van der Waals surface area contributed by atoms with E-state index in [1.165, 1.54) is 18.2 Å². The van der Waals surface area contributed by atoms with Crippen LogP contribution in [0.25, 0.3) is 11.0 Å². The Bertz CT molecular complexity index is 1500. The van der Waals surface area contributed by atoms with Crippen molar-refractivity contribution < 1.29 is 32.7 Å². The highest BCUT2D eigenvalue weighted by Crippen LogP contribution is 2.21. The standard InChI is InChI=1S/C22H19ClF3N9O3/c23-11-4-6-12(7-5-11)29-21(38)32-20-18(19(27)37)30-16(31-20)2-1-3-17(36)28-13-8-9-14-15(10-13)34-35(33-14)22(24,25)26/h4-10H,1-3H2,(H2,27,37)(H,28,36)(H,30,31)(H2,29,32,38)/p+1. The third-order valence-corrected chi connectivity index (χ3v) is 5.36. The Kier molecular flexibility index (Phi) is 7.47. The van der Waals surface area contributed by atoms with E-state index in [4.69, 9.17) is 17.3 Å². The number of alkyl halides is 3. The first kappa shape index (κ1) is 26.4. The molecule has 198 valence electrons. The molecule has 0 aliphatic carbocycles. The Morgan fingerprint density at radius 2 is 1.76 bits per heavy atom. The van der Waals surface area contributed by atoms with Crippen LogP contribution < -0.4 is 26.8 Å². The molecule has 2 aromatic carbocycles. The van der Waals surface area contributed by atoms with Gasteiger partial charge < -0.3 is 21.4 Å². The number of aryl methyl sites for hydroxylation is 1. The maximum Gasteiger partial charge on any atom is 0.554 e. The van der Waals surface area contributed by atoms with Crippen molar-refractivity contribution in [2.75, 3.05) is 16.0 Å². The van der Waals surface area contributed by atoms with Gasteiger partial charge in [0.2, 0.25) is 5.91 Å². The number of aromatic amines is 2. The van der Waals surface area contributed by atoms with Crippen LogP contribution in [-0.4, -0.2) is 37.7 Å². The van der Waals surface area contributed by atoms with Gasteiger partial charge >= 0.3 is 12.3 Å². The number of carbonyl (C=O) groups is 3. The van der Waals surface area contributed by atoms with Crippen molar-refractivity contribution in [1.82, 2.24) is 19.9 Å². The molecule has 0 bridgehead atoms. The van der Waals surface area contributed by atoms with E-state index in [9.17, 15) is 27.6 Å². The lowest BCUT2D eigenvalue weighted by molar-refractivity contribution is -0.532. The molecule has 0 unspecified atom stereocenters. The van der Waals surface area contributed by atoms with Gasteiger partial charge in [-0.3, -0.25) is 14.9 Å². The van der Waals surface area contributed by atoms with Crippen LogP contribution in [0.2, 0.25) is 5.02 Å². The SMILES string of the molecule is NC(=O)c1[nH]c(CCCC(=O)Nc2ccc3[nH+]n(C(F)(F)F)nc3c2)nc1NC(=O)Nc1ccc(Cl)cc1. The van der Waals surface area contributed by atoms with Gasteiger partial charge in [0.25, 0.3) is 11.4 Å². The number of urea groups is 1. The van der Waals surface area contributed by atoms with Crippen LogP contribution >= 0.6 is 11.6 Å². The fourth-order valence-corrected chi connectivity index (χ4v) is 3.53. The molecule has 4 amide bonds. The molecule has 0 fully saturated rings. The first-order valence-corrected chi connectivity index (χ1v) is 11.4. The molecule has 0 aliphatic heterocycles. The van der Waals surface area contributed by atoms with E-state index in [0.717, 1.165) is 0 Å². The van der Waals surface area contributed by atoms with Crippen LogP contribution in [0.5, 0.6) is 0 Å². The van der Waals surface area contributed by atoms with E-state index in [2.05, 4.69) is 36.1 Å². The monoisotopic (exact) mass is 550 g/mol. The largest absolute Gasteiger partial charge is 0.554 e. The molecule has 2 heterocycles. The van der Waals surface area contributed by atoms with Gasteiger partial charge in [-0.1, -0.05) is 11.6 Å². The summed E-state index contributed by atoms with van der Waals surface area (Å²) in [4.78, 5) is 43.1. The van der Waals surface area contributed by atoms with Gasteiger partial charge in [0.1, 0.15) is 11.5 Å². The predicted octanol–water partition coefficient (Wildman–Crippen LogP) is 3.41. The lowest BCUT2D eigenvalue weighted by Gasteiger charge is -2.06. The van der Waals surface area contributed by atoms with Crippen LogP contribution in [-0.2, 0) is 17.5 Å². The van der Waals surface area contributed by atoms with Gasteiger partial charge in [-0.2, -0.15) is 5.10 Å². The highest BCUT2D eigenvalue weighted by Gasteiger charge is 2.39. The van der Waals surface area contributed by atoms with Crippen LogP contribution in [0, 0.1) is 0 Å². The lowest BCUT2D eigenvalue weighted by atomic mass is 10.2. The second-order valence-corrected chi connectivity index (χ2v) is 8.42. The number of hydrogen-bond donors (Lipinski definition) is 5. The van der Waals surface area contributed by atoms with E-state index in [1.54, 1.807) is 24.3 Å². The number of halogens is 4. The summed E-state index contributed by atoms with van der Waals surface area (Å²) in [7, 11) is 0. The van der Waals surface area contributed by atoms with E-state index in [-0.39, 0.29) is 45.9 Å². The Balaban J connectivity index is 1.32. The fraction of sp³-hybridized carbons (Fsp3) is 0.182. The van der Waals surface area contributed by atoms with Gasteiger partial charge in [-0.25, -0.2) is 9.78 Å². The number of nitrogens with one attached hydrogen (secondary N) is 5. The number of imidazole rings is 1. The van der Waals surface area contributed by atoms with E-state index in [0.29, 0.717) is 23.0 Å². The molecule has 4 rings (SSSR count). The molecule has 0 saturated carbocycles. The van der Waals surface area contributed by atoms with Crippen molar-refractivity contribution in [3.63, 3.8) is 0 Å². The maximum absolute atomic E-state index is 12.8. The molecule has 0 radical (unpaired) electrons. The number of nitrogens with zero attached hydrogens (tertiary/aromatic N) is 3. The summed E-state index contributed by atoms with van der Waals surface area (Å²) < 4.78 is 38.4. The second kappa shape index (κ2) is 10.8. The number of H-pyrrole nitrogens is 2. The smallest absolute Gasteiger partial charge is 0.364 e. The highest BCUT2D eigenvalue weighted by molar-refractivity contribution is 6.30. The second-order valence-electron chi connectivity index (χ2n) is 7.98. The minimum atomic E-state index is -4.70. The third-order valence-electron chi connectivity index (χ3n) is 5.11. The summed E-state index contributed by atoms with van der Waals surface area (Å²) in [5.41, 5.74) is 6.16. The zero-order valence-electron chi connectivity index (χ0n) is 19.3. The summed E-state index contributed by atoms with van der Waals surface area (Å²) in [5, 5.41) is 13.6. The highest BCUT2D eigenvalue weighted by atomic mass is 35.5. The normalized spacial score (nSPS) is 11.4. The molecule has 16 heteroatoms. The molecule has 7 N–H and O–H groups in total. The first-order chi connectivity index (χ1) is 18.0. The van der Waals surface area contributed by atoms with Crippen molar-refractivity contribution in [2.45, 2.75) is 25.6 Å². The predicted molar refractivity (Wildman–Crippen MR) is 130 cm³/mol. The minimum absolute atomic E-state index is 0.0230. The number of amides is 4. The van der Waals surface area contributed by atoms with Crippen LogP contribution in [0.1, 0.15) is 29.2 Å². The molecule has 2 aromatic heterocycles. The van der Waals surface area contributed by atoms with Gasteiger partial charge in [0.15, 0.2) is 11.3 Å². The van der Waals surface area contributed by atoms with Gasteiger partial charge in [-0.15, -0.1) is 13.2 Å².